The molecule has 0 saturated heterocycles. The molecule has 2 saturated carbocycles. The maximum Gasteiger partial charge on any atom is 0.239 e. The van der Waals surface area contributed by atoms with Crippen molar-refractivity contribution in [3.8, 4) is 0 Å². The minimum absolute atomic E-state index is 0.311. The van der Waals surface area contributed by atoms with Crippen molar-refractivity contribution in [2.24, 2.45) is 0 Å². The second kappa shape index (κ2) is 6.60. The molecular weight excluding hydrogens is 302 g/mol. The summed E-state index contributed by atoms with van der Waals surface area (Å²) in [6.07, 6.45) is 12.7. The van der Waals surface area contributed by atoms with Crippen LogP contribution >= 0.6 is 15.9 Å². The van der Waals surface area contributed by atoms with Crippen molar-refractivity contribution >= 4 is 21.8 Å². The molecule has 1 amide bonds. The summed E-state index contributed by atoms with van der Waals surface area (Å²) in [6, 6.07) is 1.00. The Kier molecular flexibility index (Phi) is 5.33. The van der Waals surface area contributed by atoms with Crippen molar-refractivity contribution in [1.82, 2.24) is 4.90 Å². The van der Waals surface area contributed by atoms with Gasteiger partial charge in [-0.2, -0.15) is 0 Å². The summed E-state index contributed by atoms with van der Waals surface area (Å²) < 4.78 is -0.415. The highest BCUT2D eigenvalue weighted by molar-refractivity contribution is 9.10. The Balaban J connectivity index is 2.13. The van der Waals surface area contributed by atoms with Crippen molar-refractivity contribution in [2.45, 2.75) is 94.5 Å². The summed E-state index contributed by atoms with van der Waals surface area (Å²) in [4.78, 5) is 15.1. The second-order valence-electron chi connectivity index (χ2n) is 6.77. The van der Waals surface area contributed by atoms with Crippen LogP contribution in [-0.2, 0) is 4.79 Å². The van der Waals surface area contributed by atoms with Gasteiger partial charge in [0.25, 0.3) is 0 Å². The minimum atomic E-state index is -0.415. The molecule has 0 radical (unpaired) electrons. The van der Waals surface area contributed by atoms with Crippen molar-refractivity contribution in [3.63, 3.8) is 0 Å². The molecule has 0 aliphatic heterocycles. The third-order valence-corrected chi connectivity index (χ3v) is 5.02. The van der Waals surface area contributed by atoms with E-state index < -0.39 is 4.32 Å². The molecule has 2 aliphatic carbocycles. The average molecular weight is 330 g/mol. The monoisotopic (exact) mass is 329 g/mol. The molecule has 3 heteroatoms. The van der Waals surface area contributed by atoms with E-state index in [-0.39, 0.29) is 0 Å². The van der Waals surface area contributed by atoms with Crippen molar-refractivity contribution in [3.05, 3.63) is 0 Å². The van der Waals surface area contributed by atoms with Crippen molar-refractivity contribution in [1.29, 1.82) is 0 Å². The zero-order valence-electron chi connectivity index (χ0n) is 12.5. The fraction of sp³-hybridized carbons (Fsp3) is 0.938. The van der Waals surface area contributed by atoms with Crippen LogP contribution in [0.5, 0.6) is 0 Å². The molecule has 0 bridgehead atoms. The number of carbonyl (C=O) groups excluding carboxylic acids is 1. The molecule has 0 N–H and O–H groups in total. The molecule has 19 heavy (non-hydrogen) atoms. The van der Waals surface area contributed by atoms with Crippen LogP contribution in [0.15, 0.2) is 0 Å². The van der Waals surface area contributed by atoms with E-state index in [9.17, 15) is 4.79 Å². The van der Waals surface area contributed by atoms with E-state index >= 15 is 0 Å². The van der Waals surface area contributed by atoms with E-state index in [1.807, 2.05) is 13.8 Å². The van der Waals surface area contributed by atoms with Gasteiger partial charge in [0.05, 0.1) is 4.32 Å². The highest BCUT2D eigenvalue weighted by atomic mass is 79.9. The molecule has 0 spiro atoms. The third-order valence-electron chi connectivity index (χ3n) is 4.68. The summed E-state index contributed by atoms with van der Waals surface area (Å²) in [7, 11) is 0. The molecule has 0 unspecified atom stereocenters. The topological polar surface area (TPSA) is 20.3 Å². The number of halogens is 1. The highest BCUT2D eigenvalue weighted by Crippen LogP contribution is 2.33. The predicted octanol–water partition coefficient (Wildman–Crippen LogP) is 4.65. The standard InChI is InChI=1S/C16H28BrNO/c1-16(2,17)15(19)18(13-9-5-3-6-10-13)14-11-7-4-8-12-14/h13-14H,3-12H2,1-2H3. The summed E-state index contributed by atoms with van der Waals surface area (Å²) in [5.74, 6) is 0.311. The molecule has 2 nitrogen and oxygen atoms in total. The van der Waals surface area contributed by atoms with Crippen LogP contribution in [0.3, 0.4) is 0 Å². The van der Waals surface area contributed by atoms with Gasteiger partial charge in [-0.1, -0.05) is 54.5 Å². The van der Waals surface area contributed by atoms with Crippen LogP contribution < -0.4 is 0 Å². The smallest absolute Gasteiger partial charge is 0.239 e. The lowest BCUT2D eigenvalue weighted by Crippen LogP contribution is -2.53. The highest BCUT2D eigenvalue weighted by Gasteiger charge is 2.38. The van der Waals surface area contributed by atoms with Crippen LogP contribution in [0.4, 0.5) is 0 Å². The van der Waals surface area contributed by atoms with Gasteiger partial charge in [0.15, 0.2) is 0 Å². The SMILES string of the molecule is CC(C)(Br)C(=O)N(C1CCCCC1)C1CCCCC1. The Morgan fingerprint density at radius 3 is 1.58 bits per heavy atom. The summed E-state index contributed by atoms with van der Waals surface area (Å²) in [6.45, 7) is 3.99. The van der Waals surface area contributed by atoms with E-state index in [0.717, 1.165) is 0 Å². The molecule has 0 atom stereocenters. The first-order valence-electron chi connectivity index (χ1n) is 8.02. The van der Waals surface area contributed by atoms with Crippen LogP contribution in [0, 0.1) is 0 Å². The maximum absolute atomic E-state index is 12.8. The number of alkyl halides is 1. The van der Waals surface area contributed by atoms with E-state index in [4.69, 9.17) is 0 Å². The number of amides is 1. The molecule has 0 aromatic carbocycles. The lowest BCUT2D eigenvalue weighted by molar-refractivity contribution is -0.139. The van der Waals surface area contributed by atoms with E-state index in [0.29, 0.717) is 18.0 Å². The van der Waals surface area contributed by atoms with Gasteiger partial charge in [0, 0.05) is 12.1 Å². The Morgan fingerprint density at radius 2 is 1.26 bits per heavy atom. The van der Waals surface area contributed by atoms with Gasteiger partial charge in [0.2, 0.25) is 5.91 Å². The van der Waals surface area contributed by atoms with Gasteiger partial charge in [-0.25, -0.2) is 0 Å². The Bertz CT molecular complexity index is 280. The van der Waals surface area contributed by atoms with Gasteiger partial charge in [-0.3, -0.25) is 4.79 Å². The maximum atomic E-state index is 12.8. The first-order valence-corrected chi connectivity index (χ1v) is 8.81. The summed E-state index contributed by atoms with van der Waals surface area (Å²) >= 11 is 3.59. The van der Waals surface area contributed by atoms with E-state index in [2.05, 4.69) is 20.8 Å². The number of nitrogens with zero attached hydrogens (tertiary/aromatic N) is 1. The van der Waals surface area contributed by atoms with Crippen LogP contribution in [0.25, 0.3) is 0 Å². The van der Waals surface area contributed by atoms with Gasteiger partial charge in [0.1, 0.15) is 0 Å². The van der Waals surface area contributed by atoms with Crippen molar-refractivity contribution < 1.29 is 4.79 Å². The fourth-order valence-corrected chi connectivity index (χ4v) is 3.86. The van der Waals surface area contributed by atoms with Gasteiger partial charge >= 0.3 is 0 Å². The lowest BCUT2D eigenvalue weighted by atomic mass is 9.88. The zero-order chi connectivity index (χ0) is 13.9. The minimum Gasteiger partial charge on any atom is -0.336 e. The average Bonchev–Trinajstić information content (AvgIpc) is 2.40. The Hall–Kier alpha value is -0.0500. The quantitative estimate of drug-likeness (QED) is 0.690. The molecule has 0 aromatic rings. The van der Waals surface area contributed by atoms with Gasteiger partial charge < -0.3 is 4.90 Å². The van der Waals surface area contributed by atoms with Crippen molar-refractivity contribution in [2.75, 3.05) is 0 Å². The molecule has 110 valence electrons. The molecule has 2 aliphatic rings. The normalized spacial score (nSPS) is 23.3. The first kappa shape index (κ1) is 15.3. The summed E-state index contributed by atoms with van der Waals surface area (Å²) in [5, 5.41) is 0. The lowest BCUT2D eigenvalue weighted by Gasteiger charge is -2.44. The molecular formula is C16H28BrNO. The first-order chi connectivity index (χ1) is 9.00. The van der Waals surface area contributed by atoms with E-state index in [1.165, 1.54) is 64.2 Å². The Labute approximate surface area is 126 Å². The fourth-order valence-electron chi connectivity index (χ4n) is 3.66. The zero-order valence-corrected chi connectivity index (χ0v) is 14.0. The molecule has 2 fully saturated rings. The van der Waals surface area contributed by atoms with E-state index in [1.54, 1.807) is 0 Å². The third kappa shape index (κ3) is 3.96. The molecule has 0 aromatic heterocycles. The summed E-state index contributed by atoms with van der Waals surface area (Å²) in [5.41, 5.74) is 0. The second-order valence-corrected chi connectivity index (χ2v) is 8.75. The Morgan fingerprint density at radius 1 is 0.895 bits per heavy atom. The number of carbonyl (C=O) groups is 1. The van der Waals surface area contributed by atoms with Gasteiger partial charge in [-0.15, -0.1) is 0 Å². The largest absolute Gasteiger partial charge is 0.336 e. The van der Waals surface area contributed by atoms with Crippen LogP contribution in [0.1, 0.15) is 78.1 Å². The number of rotatable bonds is 3. The van der Waals surface area contributed by atoms with Crippen LogP contribution in [-0.4, -0.2) is 27.2 Å². The predicted molar refractivity (Wildman–Crippen MR) is 83.6 cm³/mol. The number of hydrogen-bond donors (Lipinski definition) is 0. The van der Waals surface area contributed by atoms with Crippen LogP contribution in [0.2, 0.25) is 0 Å². The number of hydrogen-bond acceptors (Lipinski definition) is 1. The molecule has 0 heterocycles. The van der Waals surface area contributed by atoms with Gasteiger partial charge in [-0.05, 0) is 39.5 Å². The molecule has 2 rings (SSSR count).